The Morgan fingerprint density at radius 3 is 2.48 bits per heavy atom. The molecule has 0 unspecified atom stereocenters. The Bertz CT molecular complexity index is 501. The predicted octanol–water partition coefficient (Wildman–Crippen LogP) is 4.93. The molecule has 0 aromatic heterocycles. The number of halogens is 2. The Balaban J connectivity index is 2.54. The Kier molecular flexibility index (Phi) is 5.61. The molecule has 130 valence electrons. The molecule has 2 aliphatic rings. The van der Waals surface area contributed by atoms with Crippen molar-refractivity contribution >= 4 is 5.97 Å². The van der Waals surface area contributed by atoms with Crippen LogP contribution < -0.4 is 0 Å². The van der Waals surface area contributed by atoms with Gasteiger partial charge >= 0.3 is 5.97 Å². The summed E-state index contributed by atoms with van der Waals surface area (Å²) < 4.78 is 35.4. The van der Waals surface area contributed by atoms with Crippen LogP contribution in [-0.2, 0) is 9.53 Å². The van der Waals surface area contributed by atoms with Crippen LogP contribution in [0.25, 0.3) is 0 Å². The molecular weight excluding hydrogens is 302 g/mol. The van der Waals surface area contributed by atoms with Gasteiger partial charge in [0.25, 0.3) is 0 Å². The summed E-state index contributed by atoms with van der Waals surface area (Å²) in [6, 6.07) is 0. The van der Waals surface area contributed by atoms with Crippen LogP contribution in [0.1, 0.15) is 58.8 Å². The predicted molar refractivity (Wildman–Crippen MR) is 84.3 cm³/mol. The molecule has 2 aliphatic carbocycles. The van der Waals surface area contributed by atoms with Gasteiger partial charge in [-0.1, -0.05) is 38.7 Å². The van der Waals surface area contributed by atoms with E-state index < -0.39 is 34.6 Å². The van der Waals surface area contributed by atoms with Crippen LogP contribution in [0.15, 0.2) is 23.8 Å². The molecule has 1 saturated carbocycles. The molecule has 0 aliphatic heterocycles. The fraction of sp³-hybridized carbons (Fsp3) is 0.722. The molecule has 1 N–H and O–H groups in total. The Morgan fingerprint density at radius 1 is 1.30 bits per heavy atom. The van der Waals surface area contributed by atoms with Gasteiger partial charge in [0, 0.05) is 12.0 Å². The van der Waals surface area contributed by atoms with Crippen molar-refractivity contribution in [3.05, 3.63) is 23.8 Å². The Hall–Kier alpha value is -1.23. The van der Waals surface area contributed by atoms with Gasteiger partial charge in [0.05, 0.1) is 0 Å². The van der Waals surface area contributed by atoms with Gasteiger partial charge < -0.3 is 9.84 Å². The lowest BCUT2D eigenvalue weighted by Crippen LogP contribution is -2.52. The third-order valence-electron chi connectivity index (χ3n) is 5.30. The first kappa shape index (κ1) is 18.1. The third-order valence-corrected chi connectivity index (χ3v) is 5.30. The largest absolute Gasteiger partial charge is 0.480 e. The van der Waals surface area contributed by atoms with Gasteiger partial charge in [-0.25, -0.2) is 8.78 Å². The maximum atomic E-state index is 15.1. The molecule has 3 nitrogen and oxygen atoms in total. The van der Waals surface area contributed by atoms with E-state index in [0.717, 1.165) is 44.9 Å². The van der Waals surface area contributed by atoms with E-state index >= 15 is 4.39 Å². The fourth-order valence-corrected chi connectivity index (χ4v) is 4.31. The second-order valence-electron chi connectivity index (χ2n) is 6.60. The first-order valence-electron chi connectivity index (χ1n) is 8.56. The Morgan fingerprint density at radius 2 is 1.96 bits per heavy atom. The highest BCUT2D eigenvalue weighted by Gasteiger charge is 2.56. The third kappa shape index (κ3) is 2.95. The van der Waals surface area contributed by atoms with Crippen molar-refractivity contribution in [2.75, 3.05) is 6.61 Å². The van der Waals surface area contributed by atoms with Crippen molar-refractivity contribution in [2.24, 2.45) is 11.3 Å². The molecule has 0 amide bonds. The molecule has 0 bridgehead atoms. The first-order valence-corrected chi connectivity index (χ1v) is 8.56. The number of carboxylic acid groups (broad SMARTS) is 1. The topological polar surface area (TPSA) is 46.5 Å². The fourth-order valence-electron chi connectivity index (χ4n) is 4.31. The van der Waals surface area contributed by atoms with Gasteiger partial charge in [-0.15, -0.1) is 0 Å². The molecule has 2 rings (SSSR count). The van der Waals surface area contributed by atoms with E-state index in [1.807, 2.05) is 6.92 Å². The van der Waals surface area contributed by atoms with Crippen molar-refractivity contribution in [1.82, 2.24) is 0 Å². The van der Waals surface area contributed by atoms with Crippen molar-refractivity contribution < 1.29 is 23.4 Å². The summed E-state index contributed by atoms with van der Waals surface area (Å²) in [5.41, 5.74) is -1.97. The molecular formula is C18H26F2O3. The normalized spacial score (nSPS) is 30.5. The summed E-state index contributed by atoms with van der Waals surface area (Å²) in [5.74, 6) is -5.18. The lowest BCUT2D eigenvalue weighted by atomic mass is 9.59. The van der Waals surface area contributed by atoms with Gasteiger partial charge in [-0.3, -0.25) is 4.79 Å². The molecule has 5 heteroatoms. The van der Waals surface area contributed by atoms with Crippen molar-refractivity contribution in [1.29, 1.82) is 0 Å². The van der Waals surface area contributed by atoms with Gasteiger partial charge in [0.15, 0.2) is 11.7 Å². The van der Waals surface area contributed by atoms with E-state index in [1.165, 1.54) is 12.2 Å². The molecule has 0 heterocycles. The van der Waals surface area contributed by atoms with Crippen molar-refractivity contribution in [2.45, 2.75) is 64.4 Å². The molecule has 1 fully saturated rings. The monoisotopic (exact) mass is 328 g/mol. The van der Waals surface area contributed by atoms with Crippen LogP contribution in [-0.4, -0.2) is 23.3 Å². The average Bonchev–Trinajstić information content (AvgIpc) is 2.53. The van der Waals surface area contributed by atoms with Crippen LogP contribution >= 0.6 is 0 Å². The summed E-state index contributed by atoms with van der Waals surface area (Å²) in [4.78, 5) is 11.1. The highest BCUT2D eigenvalue weighted by atomic mass is 19.2. The Labute approximate surface area is 136 Å². The maximum Gasteiger partial charge on any atom is 0.317 e. The summed E-state index contributed by atoms with van der Waals surface area (Å²) in [6.45, 7) is 4.03. The molecule has 0 spiro atoms. The quantitative estimate of drug-likeness (QED) is 0.703. The maximum absolute atomic E-state index is 15.1. The van der Waals surface area contributed by atoms with E-state index in [-0.39, 0.29) is 6.61 Å². The summed E-state index contributed by atoms with van der Waals surface area (Å²) in [7, 11) is 0. The van der Waals surface area contributed by atoms with Crippen LogP contribution in [0.4, 0.5) is 8.78 Å². The van der Waals surface area contributed by atoms with E-state index in [9.17, 15) is 9.18 Å². The van der Waals surface area contributed by atoms with Gasteiger partial charge in [-0.2, -0.15) is 0 Å². The highest BCUT2D eigenvalue weighted by Crippen LogP contribution is 2.56. The molecule has 0 radical (unpaired) electrons. The number of hydrogen-bond acceptors (Lipinski definition) is 2. The molecule has 0 aromatic carbocycles. The number of ether oxygens (including phenoxy) is 1. The molecule has 0 aromatic rings. The summed E-state index contributed by atoms with van der Waals surface area (Å²) >= 11 is 0. The van der Waals surface area contributed by atoms with Crippen LogP contribution in [0.3, 0.4) is 0 Å². The lowest BCUT2D eigenvalue weighted by molar-refractivity contribution is -0.140. The smallest absolute Gasteiger partial charge is 0.317 e. The van der Waals surface area contributed by atoms with E-state index in [2.05, 4.69) is 0 Å². The van der Waals surface area contributed by atoms with Crippen LogP contribution in [0.5, 0.6) is 0 Å². The van der Waals surface area contributed by atoms with E-state index in [1.54, 1.807) is 6.92 Å². The highest BCUT2D eigenvalue weighted by molar-refractivity contribution is 5.76. The molecule has 23 heavy (non-hydrogen) atoms. The van der Waals surface area contributed by atoms with Crippen molar-refractivity contribution in [3.63, 3.8) is 0 Å². The number of aliphatic carboxylic acids is 1. The van der Waals surface area contributed by atoms with E-state index in [4.69, 9.17) is 9.84 Å². The minimum atomic E-state index is -1.55. The summed E-state index contributed by atoms with van der Waals surface area (Å²) in [5, 5.41) is 9.07. The van der Waals surface area contributed by atoms with Gasteiger partial charge in [-0.05, 0) is 32.3 Å². The molecule has 0 saturated heterocycles. The second kappa shape index (κ2) is 7.12. The van der Waals surface area contributed by atoms with Gasteiger partial charge in [0.2, 0.25) is 0 Å². The molecule has 2 atom stereocenters. The van der Waals surface area contributed by atoms with Crippen molar-refractivity contribution in [3.8, 4) is 0 Å². The standard InChI is InChI=1S/C18H26F2O3/c1-3-9-17(10-6-5-7-11-17)18(23-4-2)12-8-13(16(21)22)14(19)15(18)20/h8,12-13H,3-7,9-11H2,1-2H3,(H,21,22)/t13-,18-/m1/s1. The van der Waals surface area contributed by atoms with Gasteiger partial charge in [0.1, 0.15) is 11.5 Å². The number of hydrogen-bond donors (Lipinski definition) is 1. The number of carboxylic acids is 1. The minimum absolute atomic E-state index is 0.244. The lowest BCUT2D eigenvalue weighted by Gasteiger charge is -2.51. The first-order chi connectivity index (χ1) is 10.9. The average molecular weight is 328 g/mol. The number of carbonyl (C=O) groups is 1. The van der Waals surface area contributed by atoms with Crippen LogP contribution in [0, 0.1) is 11.3 Å². The van der Waals surface area contributed by atoms with E-state index in [0.29, 0.717) is 0 Å². The second-order valence-corrected chi connectivity index (χ2v) is 6.60. The minimum Gasteiger partial charge on any atom is -0.480 e. The summed E-state index contributed by atoms with van der Waals surface area (Å²) in [6.07, 6.45) is 8.85. The zero-order valence-corrected chi connectivity index (χ0v) is 13.9. The zero-order chi connectivity index (χ0) is 17.1. The van der Waals surface area contributed by atoms with Crippen LogP contribution in [0.2, 0.25) is 0 Å². The zero-order valence-electron chi connectivity index (χ0n) is 13.9. The number of rotatable bonds is 6. The SMILES string of the molecule is CCCC1([C@@]2(OCC)C=C[C@@H](C(=O)O)C(F)=C2F)CCCCC1.